The normalized spacial score (nSPS) is 11.6. The molecule has 0 unspecified atom stereocenters. The molecule has 0 aliphatic heterocycles. The van der Waals surface area contributed by atoms with E-state index >= 15 is 0 Å². The predicted molar refractivity (Wildman–Crippen MR) is 85.8 cm³/mol. The summed E-state index contributed by atoms with van der Waals surface area (Å²) in [5.41, 5.74) is 0.955. The lowest BCUT2D eigenvalue weighted by atomic mass is 10.1. The van der Waals surface area contributed by atoms with Crippen LogP contribution < -0.4 is 9.64 Å². The first-order valence-electron chi connectivity index (χ1n) is 7.38. The summed E-state index contributed by atoms with van der Waals surface area (Å²) in [6.45, 7) is 4.43. The minimum atomic E-state index is -4.32. The van der Waals surface area contributed by atoms with Gasteiger partial charge in [0, 0.05) is 18.3 Å². The first-order chi connectivity index (χ1) is 10.8. The molecule has 0 amide bonds. The van der Waals surface area contributed by atoms with Gasteiger partial charge in [0.15, 0.2) is 0 Å². The topological polar surface area (TPSA) is 12.5 Å². The van der Waals surface area contributed by atoms with Crippen LogP contribution in [0.2, 0.25) is 0 Å². The van der Waals surface area contributed by atoms with E-state index in [9.17, 15) is 13.2 Å². The number of benzene rings is 2. The van der Waals surface area contributed by atoms with Gasteiger partial charge < -0.3 is 9.64 Å². The van der Waals surface area contributed by atoms with Crippen molar-refractivity contribution in [1.82, 2.24) is 0 Å². The number of methoxy groups -OCH3 is 1. The van der Waals surface area contributed by atoms with Crippen LogP contribution in [0.1, 0.15) is 25.0 Å². The number of hydrogen-bond donors (Lipinski definition) is 0. The molecule has 2 rings (SSSR count). The van der Waals surface area contributed by atoms with E-state index in [4.69, 9.17) is 4.74 Å². The van der Waals surface area contributed by atoms with Crippen molar-refractivity contribution in [2.75, 3.05) is 12.0 Å². The van der Waals surface area contributed by atoms with E-state index < -0.39 is 11.7 Å². The van der Waals surface area contributed by atoms with Gasteiger partial charge >= 0.3 is 6.18 Å². The molecular formula is C18H20F3NO. The van der Waals surface area contributed by atoms with Crippen LogP contribution in [0, 0.1) is 0 Å². The van der Waals surface area contributed by atoms with Gasteiger partial charge in [0.2, 0.25) is 0 Å². The first-order valence-corrected chi connectivity index (χ1v) is 7.38. The molecule has 0 bridgehead atoms. The van der Waals surface area contributed by atoms with Crippen LogP contribution in [0.3, 0.4) is 0 Å². The molecule has 5 heteroatoms. The van der Waals surface area contributed by atoms with Crippen molar-refractivity contribution in [3.8, 4) is 5.75 Å². The maximum absolute atomic E-state index is 12.8. The van der Waals surface area contributed by atoms with Crippen molar-refractivity contribution in [3.05, 3.63) is 59.7 Å². The van der Waals surface area contributed by atoms with Crippen molar-refractivity contribution in [2.24, 2.45) is 0 Å². The summed E-state index contributed by atoms with van der Waals surface area (Å²) in [7, 11) is 1.60. The second-order valence-electron chi connectivity index (χ2n) is 5.62. The molecular weight excluding hydrogens is 303 g/mol. The van der Waals surface area contributed by atoms with E-state index in [1.54, 1.807) is 13.2 Å². The molecule has 0 aliphatic carbocycles. The number of halogens is 3. The van der Waals surface area contributed by atoms with E-state index in [-0.39, 0.29) is 6.04 Å². The molecule has 0 atom stereocenters. The van der Waals surface area contributed by atoms with Gasteiger partial charge in [-0.15, -0.1) is 0 Å². The molecule has 0 aliphatic rings. The summed E-state index contributed by atoms with van der Waals surface area (Å²) in [5.74, 6) is 0.747. The Hall–Kier alpha value is -2.17. The second kappa shape index (κ2) is 6.94. The molecule has 2 aromatic carbocycles. The Morgan fingerprint density at radius 1 is 1.04 bits per heavy atom. The van der Waals surface area contributed by atoms with Crippen LogP contribution in [0.15, 0.2) is 48.5 Å². The van der Waals surface area contributed by atoms with E-state index in [1.165, 1.54) is 12.1 Å². The molecule has 0 fully saturated rings. The van der Waals surface area contributed by atoms with Gasteiger partial charge in [-0.1, -0.05) is 12.1 Å². The lowest BCUT2D eigenvalue weighted by molar-refractivity contribution is -0.137. The third kappa shape index (κ3) is 4.41. The zero-order valence-electron chi connectivity index (χ0n) is 13.4. The van der Waals surface area contributed by atoms with Crippen LogP contribution in [0.5, 0.6) is 5.75 Å². The third-order valence-electron chi connectivity index (χ3n) is 3.63. The van der Waals surface area contributed by atoms with Gasteiger partial charge in [0.05, 0.1) is 12.7 Å². The highest BCUT2D eigenvalue weighted by atomic mass is 19.4. The van der Waals surface area contributed by atoms with Crippen LogP contribution in [-0.4, -0.2) is 13.2 Å². The number of anilines is 1. The summed E-state index contributed by atoms with van der Waals surface area (Å²) < 4.78 is 43.7. The van der Waals surface area contributed by atoms with E-state index in [0.717, 1.165) is 17.5 Å². The SMILES string of the molecule is COc1ccc(N(Cc2cccc(C(F)(F)F)c2)C(C)C)cc1. The quantitative estimate of drug-likeness (QED) is 0.756. The number of rotatable bonds is 5. The summed E-state index contributed by atoms with van der Waals surface area (Å²) in [6.07, 6.45) is -4.32. The van der Waals surface area contributed by atoms with Gasteiger partial charge in [-0.2, -0.15) is 13.2 Å². The Morgan fingerprint density at radius 3 is 2.22 bits per heavy atom. The monoisotopic (exact) mass is 323 g/mol. The maximum atomic E-state index is 12.8. The van der Waals surface area contributed by atoms with Gasteiger partial charge in [0.1, 0.15) is 5.75 Å². The molecule has 0 heterocycles. The largest absolute Gasteiger partial charge is 0.497 e. The van der Waals surface area contributed by atoms with Gasteiger partial charge in [-0.05, 0) is 55.8 Å². The van der Waals surface area contributed by atoms with Crippen molar-refractivity contribution in [3.63, 3.8) is 0 Å². The number of alkyl halides is 3. The Bertz CT molecular complexity index is 635. The minimum Gasteiger partial charge on any atom is -0.497 e. The van der Waals surface area contributed by atoms with Gasteiger partial charge in [0.25, 0.3) is 0 Å². The highest BCUT2D eigenvalue weighted by molar-refractivity contribution is 5.50. The molecule has 2 nitrogen and oxygen atoms in total. The van der Waals surface area contributed by atoms with Crippen molar-refractivity contribution >= 4 is 5.69 Å². The molecule has 2 aromatic rings. The summed E-state index contributed by atoms with van der Waals surface area (Å²) in [6, 6.07) is 13.1. The number of nitrogens with zero attached hydrogens (tertiary/aromatic N) is 1. The zero-order valence-corrected chi connectivity index (χ0v) is 13.4. The van der Waals surface area contributed by atoms with Crippen molar-refractivity contribution < 1.29 is 17.9 Å². The minimum absolute atomic E-state index is 0.151. The van der Waals surface area contributed by atoms with E-state index in [0.29, 0.717) is 12.1 Å². The predicted octanol–water partition coefficient (Wildman–Crippen LogP) is 5.13. The standard InChI is InChI=1S/C18H20F3NO/c1-13(2)22(16-7-9-17(23-3)10-8-16)12-14-5-4-6-15(11-14)18(19,20)21/h4-11,13H,12H2,1-3H3. The van der Waals surface area contributed by atoms with E-state index in [2.05, 4.69) is 4.90 Å². The maximum Gasteiger partial charge on any atom is 0.416 e. The second-order valence-corrected chi connectivity index (χ2v) is 5.62. The zero-order chi connectivity index (χ0) is 17.0. The Morgan fingerprint density at radius 2 is 1.70 bits per heavy atom. The van der Waals surface area contributed by atoms with Crippen LogP contribution in [0.25, 0.3) is 0 Å². The Kier molecular flexibility index (Phi) is 5.19. The van der Waals surface area contributed by atoms with Crippen molar-refractivity contribution in [2.45, 2.75) is 32.6 Å². The van der Waals surface area contributed by atoms with Crippen LogP contribution in [0.4, 0.5) is 18.9 Å². The van der Waals surface area contributed by atoms with Crippen molar-refractivity contribution in [1.29, 1.82) is 0 Å². The Labute approximate surface area is 134 Å². The smallest absolute Gasteiger partial charge is 0.416 e. The third-order valence-corrected chi connectivity index (χ3v) is 3.63. The molecule has 124 valence electrons. The summed E-state index contributed by atoms with van der Waals surface area (Å²) >= 11 is 0. The summed E-state index contributed by atoms with van der Waals surface area (Å²) in [4.78, 5) is 2.05. The molecule has 0 N–H and O–H groups in total. The fourth-order valence-electron chi connectivity index (χ4n) is 2.39. The average Bonchev–Trinajstić information content (AvgIpc) is 2.52. The highest BCUT2D eigenvalue weighted by Crippen LogP contribution is 2.30. The number of ether oxygens (including phenoxy) is 1. The summed E-state index contributed by atoms with van der Waals surface area (Å²) in [5, 5.41) is 0. The van der Waals surface area contributed by atoms with Crippen LogP contribution in [-0.2, 0) is 12.7 Å². The van der Waals surface area contributed by atoms with E-state index in [1.807, 2.05) is 38.1 Å². The average molecular weight is 323 g/mol. The number of hydrogen-bond acceptors (Lipinski definition) is 2. The molecule has 0 spiro atoms. The fraction of sp³-hybridized carbons (Fsp3) is 0.333. The van der Waals surface area contributed by atoms with Gasteiger partial charge in [-0.3, -0.25) is 0 Å². The highest BCUT2D eigenvalue weighted by Gasteiger charge is 2.30. The molecule has 0 aromatic heterocycles. The fourth-order valence-corrected chi connectivity index (χ4v) is 2.39. The molecule has 0 radical (unpaired) electrons. The lowest BCUT2D eigenvalue weighted by Gasteiger charge is -2.29. The molecule has 23 heavy (non-hydrogen) atoms. The Balaban J connectivity index is 2.26. The first kappa shape index (κ1) is 17.2. The van der Waals surface area contributed by atoms with Gasteiger partial charge in [-0.25, -0.2) is 0 Å². The molecule has 0 saturated heterocycles. The van der Waals surface area contributed by atoms with Crippen LogP contribution >= 0.6 is 0 Å². The lowest BCUT2D eigenvalue weighted by Crippen LogP contribution is -2.30. The molecule has 0 saturated carbocycles.